The number of aromatic nitrogens is 2. The van der Waals surface area contributed by atoms with Crippen molar-refractivity contribution in [3.63, 3.8) is 0 Å². The molecule has 0 fully saturated rings. The lowest BCUT2D eigenvalue weighted by atomic mass is 10.2. The fraction of sp³-hybridized carbons (Fsp3) is 0.231. The van der Waals surface area contributed by atoms with Gasteiger partial charge in [0.1, 0.15) is 12.4 Å². The molecule has 0 spiro atoms. The van der Waals surface area contributed by atoms with Gasteiger partial charge in [-0.1, -0.05) is 0 Å². The quantitative estimate of drug-likeness (QED) is 0.610. The van der Waals surface area contributed by atoms with Crippen LogP contribution in [0, 0.1) is 11.3 Å². The summed E-state index contributed by atoms with van der Waals surface area (Å²) in [6.07, 6.45) is 6.14. The van der Waals surface area contributed by atoms with Crippen molar-refractivity contribution < 1.29 is 13.3 Å². The Morgan fingerprint density at radius 1 is 1.42 bits per heavy atom. The fourth-order valence-corrected chi connectivity index (χ4v) is 1.69. The summed E-state index contributed by atoms with van der Waals surface area (Å²) in [4.78, 5) is 0.198. The number of imidazole rings is 1. The van der Waals surface area contributed by atoms with Crippen molar-refractivity contribution in [1.29, 1.82) is 5.26 Å². The van der Waals surface area contributed by atoms with E-state index in [4.69, 9.17) is 5.26 Å². The van der Waals surface area contributed by atoms with E-state index in [1.54, 1.807) is 0 Å². The second-order valence-electron chi connectivity index (χ2n) is 3.78. The molecular weight excluding hydrogens is 262 g/mol. The minimum atomic E-state index is -2.20. The molecule has 2 rings (SSSR count). The molecule has 0 bridgehead atoms. The smallest absolute Gasteiger partial charge is 0.243 e. The molecule has 19 heavy (non-hydrogen) atoms. The predicted octanol–water partition coefficient (Wildman–Crippen LogP) is 1.13. The number of rotatable bonds is 2. The Bertz CT molecular complexity index is 585. The van der Waals surface area contributed by atoms with Crippen molar-refractivity contribution in [3.05, 3.63) is 48.5 Å². The molecule has 1 aromatic carbocycles. The molecule has 1 heterocycles. The summed E-state index contributed by atoms with van der Waals surface area (Å²) in [5, 5.41) is 8.36. The van der Waals surface area contributed by atoms with E-state index in [9.17, 15) is 8.76 Å². The monoisotopic (exact) mass is 277 g/mol. The third-order valence-electron chi connectivity index (χ3n) is 2.36. The van der Waals surface area contributed by atoms with Gasteiger partial charge in [-0.25, -0.2) is 9.13 Å². The molecule has 1 aromatic heterocycles. The van der Waals surface area contributed by atoms with E-state index in [1.807, 2.05) is 23.9 Å². The van der Waals surface area contributed by atoms with Crippen LogP contribution in [0.1, 0.15) is 12.5 Å². The molecule has 1 unspecified atom stereocenters. The van der Waals surface area contributed by atoms with Gasteiger partial charge in [0, 0.05) is 4.90 Å². The topological polar surface area (TPSA) is 72.7 Å². The van der Waals surface area contributed by atoms with Gasteiger partial charge in [0.2, 0.25) is 6.33 Å². The van der Waals surface area contributed by atoms with E-state index >= 15 is 0 Å². The van der Waals surface area contributed by atoms with Crippen molar-refractivity contribution in [2.45, 2.75) is 18.4 Å². The third-order valence-corrected chi connectivity index (χ3v) is 3.02. The lowest BCUT2D eigenvalue weighted by molar-refractivity contribution is -0.671. The molecule has 0 aliphatic rings. The first-order valence-corrected chi connectivity index (χ1v) is 6.74. The van der Waals surface area contributed by atoms with Crippen LogP contribution < -0.4 is 4.57 Å². The maximum absolute atomic E-state index is 10.3. The Labute approximate surface area is 115 Å². The zero-order chi connectivity index (χ0) is 14.3. The van der Waals surface area contributed by atoms with E-state index in [0.29, 0.717) is 5.56 Å². The van der Waals surface area contributed by atoms with Crippen LogP contribution in [-0.4, -0.2) is 13.3 Å². The minimum absolute atomic E-state index is 0.198. The molecule has 5 nitrogen and oxygen atoms in total. The second kappa shape index (κ2) is 7.46. The van der Waals surface area contributed by atoms with Gasteiger partial charge < -0.3 is 4.55 Å². The predicted molar refractivity (Wildman–Crippen MR) is 69.6 cm³/mol. The number of benzene rings is 1. The summed E-state index contributed by atoms with van der Waals surface area (Å²) in [5.41, 5.74) is 0.458. The molecule has 0 radical (unpaired) electrons. The SMILES string of the molecule is CCn1cc[n+](C)c1.N#Cc1ccc(S(=O)[O-])cc1. The zero-order valence-corrected chi connectivity index (χ0v) is 11.6. The number of nitriles is 1. The maximum Gasteiger partial charge on any atom is 0.243 e. The van der Waals surface area contributed by atoms with Gasteiger partial charge in [0.05, 0.1) is 25.2 Å². The first-order chi connectivity index (χ1) is 9.06. The molecule has 6 heteroatoms. The van der Waals surface area contributed by atoms with Crippen LogP contribution in [0.3, 0.4) is 0 Å². The molecule has 0 aliphatic carbocycles. The summed E-state index contributed by atoms with van der Waals surface area (Å²) in [7, 11) is 2.02. The molecule has 0 saturated heterocycles. The van der Waals surface area contributed by atoms with Gasteiger partial charge in [-0.3, -0.25) is 4.21 Å². The van der Waals surface area contributed by atoms with Crippen molar-refractivity contribution in [1.82, 2.24) is 4.57 Å². The van der Waals surface area contributed by atoms with Crippen molar-refractivity contribution in [2.75, 3.05) is 0 Å². The van der Waals surface area contributed by atoms with Crippen LogP contribution in [0.2, 0.25) is 0 Å². The maximum atomic E-state index is 10.3. The summed E-state index contributed by atoms with van der Waals surface area (Å²) < 4.78 is 24.8. The Morgan fingerprint density at radius 3 is 2.37 bits per heavy atom. The van der Waals surface area contributed by atoms with Gasteiger partial charge in [0.15, 0.2) is 0 Å². The van der Waals surface area contributed by atoms with E-state index in [2.05, 4.69) is 24.0 Å². The molecule has 100 valence electrons. The first kappa shape index (κ1) is 15.1. The molecule has 0 saturated carbocycles. The second-order valence-corrected chi connectivity index (χ2v) is 4.72. The molecule has 0 N–H and O–H groups in total. The highest BCUT2D eigenvalue weighted by Gasteiger charge is 1.92. The third kappa shape index (κ3) is 5.04. The molecule has 1 atom stereocenters. The van der Waals surface area contributed by atoms with E-state index in [-0.39, 0.29) is 4.90 Å². The van der Waals surface area contributed by atoms with Crippen molar-refractivity contribution in [3.8, 4) is 6.07 Å². The van der Waals surface area contributed by atoms with Gasteiger partial charge >= 0.3 is 0 Å². The highest BCUT2D eigenvalue weighted by molar-refractivity contribution is 7.79. The van der Waals surface area contributed by atoms with E-state index in [1.165, 1.54) is 24.3 Å². The van der Waals surface area contributed by atoms with Crippen LogP contribution in [-0.2, 0) is 24.7 Å². The molecular formula is C13H15N3O2S. The Balaban J connectivity index is 0.000000200. The summed E-state index contributed by atoms with van der Waals surface area (Å²) in [6.45, 7) is 3.18. The normalized spacial score (nSPS) is 11.1. The number of hydrogen-bond acceptors (Lipinski definition) is 3. The highest BCUT2D eigenvalue weighted by atomic mass is 32.2. The van der Waals surface area contributed by atoms with Crippen LogP contribution >= 0.6 is 0 Å². The molecule has 2 aromatic rings. The minimum Gasteiger partial charge on any atom is -0.768 e. The lowest BCUT2D eigenvalue weighted by Crippen LogP contribution is -2.23. The first-order valence-electron chi connectivity index (χ1n) is 5.67. The summed E-state index contributed by atoms with van der Waals surface area (Å²) >= 11 is -2.20. The number of aryl methyl sites for hydroxylation is 2. The van der Waals surface area contributed by atoms with Gasteiger partial charge in [-0.05, 0) is 42.3 Å². The standard InChI is InChI=1S/C7H5NO2S.C6H11N2/c8-5-6-1-3-7(4-2-6)11(9)10;1-3-8-5-4-7(2)6-8/h1-4H,(H,9,10);4-6H,3H2,1-2H3/q;+1/p-1. The van der Waals surface area contributed by atoms with Crippen molar-refractivity contribution >= 4 is 11.1 Å². The lowest BCUT2D eigenvalue weighted by Gasteiger charge is -2.02. The van der Waals surface area contributed by atoms with Gasteiger partial charge in [-0.15, -0.1) is 0 Å². The van der Waals surface area contributed by atoms with Crippen molar-refractivity contribution in [2.24, 2.45) is 7.05 Å². The Kier molecular flexibility index (Phi) is 5.93. The average molecular weight is 277 g/mol. The fourth-order valence-electron chi connectivity index (χ4n) is 1.33. The average Bonchev–Trinajstić information content (AvgIpc) is 2.85. The van der Waals surface area contributed by atoms with Crippen LogP contribution in [0.15, 0.2) is 47.9 Å². The molecule has 0 aliphatic heterocycles. The summed E-state index contributed by atoms with van der Waals surface area (Å²) in [6, 6.07) is 7.60. The Morgan fingerprint density at radius 2 is 2.05 bits per heavy atom. The van der Waals surface area contributed by atoms with Gasteiger partial charge in [0.25, 0.3) is 0 Å². The Hall–Kier alpha value is -1.97. The van der Waals surface area contributed by atoms with E-state index in [0.717, 1.165) is 6.54 Å². The highest BCUT2D eigenvalue weighted by Crippen LogP contribution is 2.05. The number of nitrogens with zero attached hydrogens (tertiary/aromatic N) is 3. The molecule has 0 amide bonds. The van der Waals surface area contributed by atoms with Crippen LogP contribution in [0.25, 0.3) is 0 Å². The summed E-state index contributed by atoms with van der Waals surface area (Å²) in [5.74, 6) is 0. The van der Waals surface area contributed by atoms with Crippen LogP contribution in [0.5, 0.6) is 0 Å². The van der Waals surface area contributed by atoms with Crippen LogP contribution in [0.4, 0.5) is 0 Å². The van der Waals surface area contributed by atoms with E-state index < -0.39 is 11.1 Å². The number of hydrogen-bond donors (Lipinski definition) is 0. The van der Waals surface area contributed by atoms with Gasteiger partial charge in [-0.2, -0.15) is 5.26 Å². The largest absolute Gasteiger partial charge is 0.768 e. The zero-order valence-electron chi connectivity index (χ0n) is 10.8.